The van der Waals surface area contributed by atoms with E-state index in [2.05, 4.69) is 11.1 Å². The highest BCUT2D eigenvalue weighted by molar-refractivity contribution is 5.86. The summed E-state index contributed by atoms with van der Waals surface area (Å²) in [6, 6.07) is 3.42. The maximum absolute atomic E-state index is 10.2. The first kappa shape index (κ1) is 6.54. The van der Waals surface area contributed by atoms with Crippen LogP contribution in [0.2, 0.25) is 0 Å². The number of aromatic hydroxyl groups is 1. The van der Waals surface area contributed by atoms with Crippen molar-refractivity contribution in [3.05, 3.63) is 23.9 Å². The minimum absolute atomic E-state index is 0.0576. The molecule has 0 amide bonds. The molecule has 4 heteroatoms. The van der Waals surface area contributed by atoms with Gasteiger partial charge in [0.05, 0.1) is 5.56 Å². The van der Waals surface area contributed by atoms with Crippen molar-refractivity contribution < 1.29 is 15.0 Å². The second kappa shape index (κ2) is 2.34. The Balaban J connectivity index is 3.00. The molecule has 10 heavy (non-hydrogen) atoms. The fraction of sp³-hybridized carbons (Fsp3) is 0. The van der Waals surface area contributed by atoms with Crippen LogP contribution < -0.4 is 0 Å². The molecule has 0 bridgehead atoms. The summed E-state index contributed by atoms with van der Waals surface area (Å²) in [6.07, 6.45) is 1.04. The minimum atomic E-state index is -1.10. The number of aromatic carboxylic acids is 1. The van der Waals surface area contributed by atoms with Gasteiger partial charge >= 0.3 is 5.97 Å². The molecular formula is C6H4NO3. The predicted molar refractivity (Wildman–Crippen MR) is 31.7 cm³/mol. The summed E-state index contributed by atoms with van der Waals surface area (Å²) in [6.45, 7) is 0. The van der Waals surface area contributed by atoms with Crippen LogP contribution in [0.5, 0.6) is 5.88 Å². The lowest BCUT2D eigenvalue weighted by Crippen LogP contribution is -1.95. The van der Waals surface area contributed by atoms with Gasteiger partial charge in [-0.15, -0.1) is 0 Å². The molecule has 0 unspecified atom stereocenters. The lowest BCUT2D eigenvalue weighted by Gasteiger charge is -1.90. The van der Waals surface area contributed by atoms with Gasteiger partial charge in [0.25, 0.3) is 0 Å². The number of pyridine rings is 1. The van der Waals surface area contributed by atoms with Crippen molar-refractivity contribution in [3.8, 4) is 5.88 Å². The first-order chi connectivity index (χ1) is 4.70. The third kappa shape index (κ3) is 1.22. The zero-order valence-electron chi connectivity index (χ0n) is 4.90. The van der Waals surface area contributed by atoms with Gasteiger partial charge in [-0.05, 0) is 0 Å². The zero-order valence-corrected chi connectivity index (χ0v) is 4.90. The molecule has 0 aliphatic heterocycles. The van der Waals surface area contributed by atoms with Crippen LogP contribution in [-0.2, 0) is 0 Å². The van der Waals surface area contributed by atoms with Gasteiger partial charge in [-0.25, -0.2) is 9.78 Å². The van der Waals surface area contributed by atoms with Gasteiger partial charge in [-0.3, -0.25) is 0 Å². The molecule has 0 fully saturated rings. The topological polar surface area (TPSA) is 70.4 Å². The van der Waals surface area contributed by atoms with E-state index in [0.717, 1.165) is 12.3 Å². The molecule has 4 nitrogen and oxygen atoms in total. The molecule has 1 aromatic heterocycles. The Bertz CT molecular complexity index is 242. The van der Waals surface area contributed by atoms with E-state index in [9.17, 15) is 4.79 Å². The fourth-order valence-electron chi connectivity index (χ4n) is 0.464. The Morgan fingerprint density at radius 3 is 2.80 bits per heavy atom. The van der Waals surface area contributed by atoms with Crippen LogP contribution in [0.15, 0.2) is 12.3 Å². The van der Waals surface area contributed by atoms with Gasteiger partial charge in [0.1, 0.15) is 0 Å². The molecule has 2 N–H and O–H groups in total. The van der Waals surface area contributed by atoms with Crippen LogP contribution in [0.3, 0.4) is 0 Å². The molecule has 0 saturated heterocycles. The van der Waals surface area contributed by atoms with Gasteiger partial charge < -0.3 is 10.2 Å². The molecule has 1 aromatic rings. The Kier molecular flexibility index (Phi) is 1.53. The number of aromatic nitrogens is 1. The maximum atomic E-state index is 10.2. The zero-order chi connectivity index (χ0) is 7.56. The molecular weight excluding hydrogens is 134 g/mol. The van der Waals surface area contributed by atoms with E-state index in [4.69, 9.17) is 10.2 Å². The molecule has 0 aliphatic rings. The third-order valence-corrected chi connectivity index (χ3v) is 0.913. The number of hydrogen-bond donors (Lipinski definition) is 2. The highest BCUT2D eigenvalue weighted by Gasteiger charge is 2.01. The Morgan fingerprint density at radius 1 is 1.70 bits per heavy atom. The summed E-state index contributed by atoms with van der Waals surface area (Å²) >= 11 is 0. The van der Waals surface area contributed by atoms with E-state index in [1.807, 2.05) is 0 Å². The number of hydrogen-bond acceptors (Lipinski definition) is 3. The van der Waals surface area contributed by atoms with Gasteiger partial charge in [0, 0.05) is 18.3 Å². The molecule has 0 aliphatic carbocycles. The molecule has 0 aromatic carbocycles. The maximum Gasteiger partial charge on any atom is 0.337 e. The Hall–Kier alpha value is -1.58. The van der Waals surface area contributed by atoms with Crippen LogP contribution in [0.1, 0.15) is 10.4 Å². The largest absolute Gasteiger partial charge is 0.493 e. The monoisotopic (exact) mass is 138 g/mol. The van der Waals surface area contributed by atoms with E-state index in [1.165, 1.54) is 0 Å². The second-order valence-corrected chi connectivity index (χ2v) is 1.62. The Labute approximate surface area is 56.8 Å². The summed E-state index contributed by atoms with van der Waals surface area (Å²) in [4.78, 5) is 13.5. The van der Waals surface area contributed by atoms with Gasteiger partial charge in [0.15, 0.2) is 0 Å². The summed E-state index contributed by atoms with van der Waals surface area (Å²) in [5.41, 5.74) is -0.0576. The lowest BCUT2D eigenvalue weighted by atomic mass is 10.3. The molecule has 1 radical (unpaired) electrons. The van der Waals surface area contributed by atoms with Crippen LogP contribution >= 0.6 is 0 Å². The summed E-state index contributed by atoms with van der Waals surface area (Å²) in [7, 11) is 0. The van der Waals surface area contributed by atoms with E-state index in [0.29, 0.717) is 0 Å². The van der Waals surface area contributed by atoms with Crippen LogP contribution in [0.25, 0.3) is 0 Å². The molecule has 0 spiro atoms. The SMILES string of the molecule is O=C(O)c1[c]cc(O)nc1. The van der Waals surface area contributed by atoms with Crippen molar-refractivity contribution >= 4 is 5.97 Å². The fourth-order valence-corrected chi connectivity index (χ4v) is 0.464. The minimum Gasteiger partial charge on any atom is -0.493 e. The van der Waals surface area contributed by atoms with Crippen molar-refractivity contribution in [2.24, 2.45) is 0 Å². The van der Waals surface area contributed by atoms with Crippen molar-refractivity contribution in [3.63, 3.8) is 0 Å². The number of rotatable bonds is 1. The van der Waals surface area contributed by atoms with Crippen LogP contribution in [0.4, 0.5) is 0 Å². The average Bonchev–Trinajstić information content (AvgIpc) is 1.88. The van der Waals surface area contributed by atoms with Crippen LogP contribution in [-0.4, -0.2) is 21.2 Å². The van der Waals surface area contributed by atoms with E-state index >= 15 is 0 Å². The first-order valence-corrected chi connectivity index (χ1v) is 2.50. The predicted octanol–water partition coefficient (Wildman–Crippen LogP) is 0.286. The summed E-state index contributed by atoms with van der Waals surface area (Å²) < 4.78 is 0. The van der Waals surface area contributed by atoms with Gasteiger partial charge in [0.2, 0.25) is 5.88 Å². The molecule has 1 rings (SSSR count). The number of nitrogens with zero attached hydrogens (tertiary/aromatic N) is 1. The smallest absolute Gasteiger partial charge is 0.337 e. The van der Waals surface area contributed by atoms with Crippen molar-refractivity contribution in [2.45, 2.75) is 0 Å². The molecule has 1 heterocycles. The number of carboxylic acid groups (broad SMARTS) is 1. The third-order valence-electron chi connectivity index (χ3n) is 0.913. The van der Waals surface area contributed by atoms with Gasteiger partial charge in [-0.2, -0.15) is 0 Å². The average molecular weight is 138 g/mol. The summed E-state index contributed by atoms with van der Waals surface area (Å²) in [5.74, 6) is -1.34. The normalized spacial score (nSPS) is 9.20. The quantitative estimate of drug-likeness (QED) is 0.585. The molecule has 51 valence electrons. The van der Waals surface area contributed by atoms with Crippen molar-refractivity contribution in [2.75, 3.05) is 0 Å². The van der Waals surface area contributed by atoms with Crippen molar-refractivity contribution in [1.82, 2.24) is 4.98 Å². The number of carbonyl (C=O) groups is 1. The van der Waals surface area contributed by atoms with Gasteiger partial charge in [-0.1, -0.05) is 0 Å². The lowest BCUT2D eigenvalue weighted by molar-refractivity contribution is 0.0696. The first-order valence-electron chi connectivity index (χ1n) is 2.50. The highest BCUT2D eigenvalue weighted by Crippen LogP contribution is 2.02. The molecule has 0 atom stereocenters. The Morgan fingerprint density at radius 2 is 2.40 bits per heavy atom. The second-order valence-electron chi connectivity index (χ2n) is 1.62. The summed E-state index contributed by atoms with van der Waals surface area (Å²) in [5, 5.41) is 16.9. The van der Waals surface area contributed by atoms with E-state index < -0.39 is 5.97 Å². The molecule has 0 saturated carbocycles. The number of carboxylic acids is 1. The van der Waals surface area contributed by atoms with E-state index in [-0.39, 0.29) is 11.4 Å². The van der Waals surface area contributed by atoms with E-state index in [1.54, 1.807) is 0 Å². The van der Waals surface area contributed by atoms with Crippen LogP contribution in [0, 0.1) is 6.07 Å². The highest BCUT2D eigenvalue weighted by atomic mass is 16.4. The van der Waals surface area contributed by atoms with Crippen molar-refractivity contribution in [1.29, 1.82) is 0 Å². The standard InChI is InChI=1S/C6H4NO3/c8-5-2-1-4(3-7-5)6(9)10/h2-3H,(H,7,8)(H,9,10).